The third kappa shape index (κ3) is 3.18. The van der Waals surface area contributed by atoms with Crippen LogP contribution in [0.3, 0.4) is 0 Å². The Kier molecular flexibility index (Phi) is 4.53. The number of hydrogen-bond acceptors (Lipinski definition) is 6. The highest BCUT2D eigenvalue weighted by Crippen LogP contribution is 2.17. The fourth-order valence-electron chi connectivity index (χ4n) is 2.53. The van der Waals surface area contributed by atoms with Crippen molar-refractivity contribution in [3.05, 3.63) is 52.2 Å². The van der Waals surface area contributed by atoms with Gasteiger partial charge in [0.2, 0.25) is 5.91 Å². The minimum absolute atomic E-state index is 0.210. The molecule has 9 nitrogen and oxygen atoms in total. The lowest BCUT2D eigenvalue weighted by atomic mass is 10.1. The molecule has 0 fully saturated rings. The lowest BCUT2D eigenvalue weighted by molar-refractivity contribution is -0.116. The zero-order valence-electron chi connectivity index (χ0n) is 14.5. The smallest absolute Gasteiger partial charge is 0.337 e. The molecule has 26 heavy (non-hydrogen) atoms. The quantitative estimate of drug-likeness (QED) is 0.696. The predicted octanol–water partition coefficient (Wildman–Crippen LogP) is 0.864. The number of nitrogens with zero attached hydrogens (tertiary/aromatic N) is 4. The molecule has 0 saturated heterocycles. The summed E-state index contributed by atoms with van der Waals surface area (Å²) in [7, 11) is 2.97. The largest absolute Gasteiger partial charge is 0.465 e. The van der Waals surface area contributed by atoms with Crippen LogP contribution >= 0.6 is 0 Å². The molecule has 0 radical (unpaired) electrons. The summed E-state index contributed by atoms with van der Waals surface area (Å²) in [4.78, 5) is 40.5. The second-order valence-corrected chi connectivity index (χ2v) is 5.75. The zero-order valence-corrected chi connectivity index (χ0v) is 14.5. The highest BCUT2D eigenvalue weighted by Gasteiger charge is 2.13. The first kappa shape index (κ1) is 17.3. The molecule has 9 heteroatoms. The number of nitrogens with one attached hydrogen (secondary N) is 1. The van der Waals surface area contributed by atoms with Crippen molar-refractivity contribution in [3.63, 3.8) is 0 Å². The van der Waals surface area contributed by atoms with Crippen LogP contribution in [0.2, 0.25) is 0 Å². The molecular weight excluding hydrogens is 338 g/mol. The second-order valence-electron chi connectivity index (χ2n) is 5.75. The van der Waals surface area contributed by atoms with Crippen LogP contribution in [0.25, 0.3) is 11.0 Å². The molecule has 2 heterocycles. The van der Waals surface area contributed by atoms with Gasteiger partial charge in [-0.05, 0) is 24.6 Å². The van der Waals surface area contributed by atoms with E-state index in [0.29, 0.717) is 22.3 Å². The van der Waals surface area contributed by atoms with Crippen LogP contribution in [-0.4, -0.2) is 38.3 Å². The molecule has 0 unspecified atom stereocenters. The van der Waals surface area contributed by atoms with Gasteiger partial charge < -0.3 is 10.1 Å². The van der Waals surface area contributed by atoms with Crippen molar-refractivity contribution in [2.24, 2.45) is 7.05 Å². The van der Waals surface area contributed by atoms with Gasteiger partial charge in [0, 0.05) is 12.7 Å². The average Bonchev–Trinajstić information content (AvgIpc) is 3.00. The first-order chi connectivity index (χ1) is 12.4. The molecule has 134 valence electrons. The van der Waals surface area contributed by atoms with E-state index in [1.54, 1.807) is 26.1 Å². The number of benzene rings is 1. The summed E-state index contributed by atoms with van der Waals surface area (Å²) < 4.78 is 7.37. The number of esters is 1. The van der Waals surface area contributed by atoms with Gasteiger partial charge in [-0.2, -0.15) is 5.10 Å². The van der Waals surface area contributed by atoms with Crippen LogP contribution < -0.4 is 10.9 Å². The van der Waals surface area contributed by atoms with Crippen molar-refractivity contribution < 1.29 is 14.3 Å². The molecule has 0 spiro atoms. The molecule has 0 aliphatic carbocycles. The molecule has 3 rings (SSSR count). The third-order valence-corrected chi connectivity index (χ3v) is 3.96. The normalized spacial score (nSPS) is 10.7. The molecule has 0 bridgehead atoms. The topological polar surface area (TPSA) is 108 Å². The summed E-state index contributed by atoms with van der Waals surface area (Å²) in [6.07, 6.45) is 2.73. The minimum atomic E-state index is -0.497. The molecule has 2 aromatic heterocycles. The summed E-state index contributed by atoms with van der Waals surface area (Å²) in [6.45, 7) is 1.59. The number of carbonyl (C=O) groups is 2. The average molecular weight is 355 g/mol. The van der Waals surface area contributed by atoms with E-state index < -0.39 is 11.9 Å². The first-order valence-electron chi connectivity index (χ1n) is 7.76. The summed E-state index contributed by atoms with van der Waals surface area (Å²) in [5.41, 5.74) is 1.68. The molecule has 1 aromatic carbocycles. The van der Waals surface area contributed by atoms with Gasteiger partial charge in [0.15, 0.2) is 5.65 Å². The maximum atomic E-state index is 12.4. The van der Waals surface area contributed by atoms with E-state index in [4.69, 9.17) is 0 Å². The van der Waals surface area contributed by atoms with Gasteiger partial charge in [0.25, 0.3) is 5.56 Å². The van der Waals surface area contributed by atoms with Crippen LogP contribution in [0.1, 0.15) is 15.9 Å². The monoisotopic (exact) mass is 355 g/mol. The van der Waals surface area contributed by atoms with Crippen molar-refractivity contribution in [1.29, 1.82) is 0 Å². The molecule has 0 atom stereocenters. The number of carbonyl (C=O) groups excluding carboxylic acids is 2. The van der Waals surface area contributed by atoms with Gasteiger partial charge in [-0.25, -0.2) is 9.78 Å². The maximum Gasteiger partial charge on any atom is 0.337 e. The van der Waals surface area contributed by atoms with E-state index in [-0.39, 0.29) is 12.1 Å². The minimum Gasteiger partial charge on any atom is -0.465 e. The number of anilines is 1. The van der Waals surface area contributed by atoms with Gasteiger partial charge in [-0.3, -0.25) is 18.8 Å². The SMILES string of the molecule is COC(=O)c1ccc(C)c(NC(=O)Cn2cnc3c(cnn3C)c2=O)c1. The van der Waals surface area contributed by atoms with Crippen LogP contribution in [0.4, 0.5) is 5.69 Å². The first-order valence-corrected chi connectivity index (χ1v) is 7.76. The Morgan fingerprint density at radius 1 is 1.31 bits per heavy atom. The number of rotatable bonds is 4. The van der Waals surface area contributed by atoms with Gasteiger partial charge in [0.1, 0.15) is 18.3 Å². The van der Waals surface area contributed by atoms with Crippen LogP contribution in [0.15, 0.2) is 35.5 Å². The summed E-state index contributed by atoms with van der Waals surface area (Å²) in [5, 5.41) is 7.03. The Hall–Kier alpha value is -3.49. The Labute approximate surface area is 148 Å². The number of hydrogen-bond donors (Lipinski definition) is 1. The fraction of sp³-hybridized carbons (Fsp3) is 0.235. The van der Waals surface area contributed by atoms with E-state index in [1.165, 1.54) is 34.9 Å². The number of amides is 1. The van der Waals surface area contributed by atoms with E-state index in [0.717, 1.165) is 5.56 Å². The summed E-state index contributed by atoms with van der Waals surface area (Å²) in [5.74, 6) is -0.912. The van der Waals surface area contributed by atoms with Crippen molar-refractivity contribution in [2.75, 3.05) is 12.4 Å². The molecule has 0 aliphatic heterocycles. The third-order valence-electron chi connectivity index (χ3n) is 3.96. The van der Waals surface area contributed by atoms with Crippen molar-refractivity contribution in [3.8, 4) is 0 Å². The van der Waals surface area contributed by atoms with E-state index in [1.807, 2.05) is 0 Å². The van der Waals surface area contributed by atoms with Crippen LogP contribution in [-0.2, 0) is 23.1 Å². The molecule has 0 saturated carbocycles. The van der Waals surface area contributed by atoms with E-state index in [9.17, 15) is 14.4 Å². The molecule has 3 aromatic rings. The van der Waals surface area contributed by atoms with Gasteiger partial charge >= 0.3 is 5.97 Å². The van der Waals surface area contributed by atoms with Crippen molar-refractivity contribution in [1.82, 2.24) is 19.3 Å². The van der Waals surface area contributed by atoms with Gasteiger partial charge in [-0.15, -0.1) is 0 Å². The molecule has 1 amide bonds. The lowest BCUT2D eigenvalue weighted by Gasteiger charge is -2.11. The number of aryl methyl sites for hydroxylation is 2. The fourth-order valence-corrected chi connectivity index (χ4v) is 2.53. The molecule has 1 N–H and O–H groups in total. The van der Waals surface area contributed by atoms with Gasteiger partial charge in [-0.1, -0.05) is 6.07 Å². The van der Waals surface area contributed by atoms with Crippen molar-refractivity contribution >= 4 is 28.6 Å². The summed E-state index contributed by atoms with van der Waals surface area (Å²) >= 11 is 0. The summed E-state index contributed by atoms with van der Waals surface area (Å²) in [6, 6.07) is 4.85. The second kappa shape index (κ2) is 6.79. The Balaban J connectivity index is 1.82. The molecule has 0 aliphatic rings. The lowest BCUT2D eigenvalue weighted by Crippen LogP contribution is -2.28. The Morgan fingerprint density at radius 2 is 2.08 bits per heavy atom. The Bertz CT molecular complexity index is 1070. The maximum absolute atomic E-state index is 12.4. The van der Waals surface area contributed by atoms with E-state index in [2.05, 4.69) is 20.1 Å². The number of aromatic nitrogens is 4. The highest BCUT2D eigenvalue weighted by molar-refractivity contribution is 5.95. The number of fused-ring (bicyclic) bond motifs is 1. The van der Waals surface area contributed by atoms with Crippen LogP contribution in [0, 0.1) is 6.92 Å². The highest BCUT2D eigenvalue weighted by atomic mass is 16.5. The van der Waals surface area contributed by atoms with Crippen LogP contribution in [0.5, 0.6) is 0 Å². The van der Waals surface area contributed by atoms with Gasteiger partial charge in [0.05, 0.1) is 18.9 Å². The zero-order chi connectivity index (χ0) is 18.8. The Morgan fingerprint density at radius 3 is 2.81 bits per heavy atom. The molecular formula is C17H17N5O4. The van der Waals surface area contributed by atoms with Crippen molar-refractivity contribution in [2.45, 2.75) is 13.5 Å². The van der Waals surface area contributed by atoms with E-state index >= 15 is 0 Å². The standard InChI is InChI=1S/C17H17N5O4/c1-10-4-5-11(17(25)26-3)6-13(10)20-14(23)8-22-9-18-15-12(16(22)24)7-19-21(15)2/h4-7,9H,8H2,1-3H3,(H,20,23). The number of ether oxygens (including phenoxy) is 1. The predicted molar refractivity (Wildman–Crippen MR) is 93.9 cm³/mol. The number of methoxy groups -OCH3 is 1.